The summed E-state index contributed by atoms with van der Waals surface area (Å²) >= 11 is 0. The lowest BCUT2D eigenvalue weighted by Gasteiger charge is -2.49. The third kappa shape index (κ3) is 13.1. The lowest BCUT2D eigenvalue weighted by Crippen LogP contribution is -2.61. The van der Waals surface area contributed by atoms with Crippen LogP contribution in [-0.2, 0) is 33.2 Å². The van der Waals surface area contributed by atoms with Crippen molar-refractivity contribution in [3.63, 3.8) is 0 Å². The van der Waals surface area contributed by atoms with Gasteiger partial charge in [0.05, 0.1) is 47.6 Å². The molecule has 16 nitrogen and oxygen atoms in total. The van der Waals surface area contributed by atoms with E-state index in [0.29, 0.717) is 19.5 Å². The summed E-state index contributed by atoms with van der Waals surface area (Å²) in [6.45, 7) is 20.4. The van der Waals surface area contributed by atoms with Gasteiger partial charge in [-0.1, -0.05) is 32.9 Å². The standard InChI is InChI=1S/C47H83N3O13/c1-15-36-47(11,57)40(53)31(7)49(12)24-27(3)21-45(9,56)42(29(5)39(30(6)43(55)61-36)62-37-22-46(10,58-14)41(54)32(8)60-37)63-44-38(52)35(20-28(4)59-44)50(13)25-34(51)23-48-33-18-16-17-26(2)19-33/h16-19,27-32,34-42,44,48,51-54,56-57H,15,20-25H2,1-14H3/t27-,28-,29+,30-,31-,32+,34?,35?,36-,37+,38-,39+,40-,41+,42-,44+,45-,46-,47-/m1/s1. The number of carbonyl (C=O) groups excluding carboxylic acids is 1. The van der Waals surface area contributed by atoms with Crippen molar-refractivity contribution < 1.29 is 63.9 Å². The fourth-order valence-corrected chi connectivity index (χ4v) is 10.2. The van der Waals surface area contributed by atoms with Crippen LogP contribution in [0.2, 0.25) is 0 Å². The number of likely N-dealkylation sites (N-methyl/N-ethyl adjacent to an activating group) is 2. The molecule has 3 saturated heterocycles. The van der Waals surface area contributed by atoms with Crippen LogP contribution in [0.3, 0.4) is 0 Å². The molecule has 0 spiro atoms. The molecular formula is C47H83N3O13. The summed E-state index contributed by atoms with van der Waals surface area (Å²) in [5.41, 5.74) is -2.53. The number of anilines is 1. The van der Waals surface area contributed by atoms with E-state index in [1.54, 1.807) is 48.5 Å². The van der Waals surface area contributed by atoms with Crippen molar-refractivity contribution in [1.29, 1.82) is 0 Å². The molecule has 7 N–H and O–H groups in total. The molecule has 16 heteroatoms. The van der Waals surface area contributed by atoms with Gasteiger partial charge in [-0.3, -0.25) is 9.69 Å². The molecule has 3 aliphatic heterocycles. The van der Waals surface area contributed by atoms with E-state index in [1.165, 1.54) is 14.0 Å². The first-order valence-corrected chi connectivity index (χ1v) is 23.0. The third-order valence-electron chi connectivity index (χ3n) is 14.2. The van der Waals surface area contributed by atoms with Crippen molar-refractivity contribution >= 4 is 11.7 Å². The van der Waals surface area contributed by atoms with Gasteiger partial charge in [0.25, 0.3) is 0 Å². The largest absolute Gasteiger partial charge is 0.459 e. The molecule has 0 amide bonds. The Morgan fingerprint density at radius 3 is 2.29 bits per heavy atom. The van der Waals surface area contributed by atoms with Crippen LogP contribution in [0.1, 0.15) is 100 Å². The van der Waals surface area contributed by atoms with E-state index in [-0.39, 0.29) is 37.8 Å². The van der Waals surface area contributed by atoms with Crippen molar-refractivity contribution in [3.8, 4) is 0 Å². The molecule has 3 aliphatic rings. The summed E-state index contributed by atoms with van der Waals surface area (Å²) in [5, 5.41) is 73.7. The van der Waals surface area contributed by atoms with Crippen LogP contribution < -0.4 is 5.32 Å². The van der Waals surface area contributed by atoms with Gasteiger partial charge in [0.15, 0.2) is 12.6 Å². The van der Waals surface area contributed by atoms with Crippen LogP contribution in [0.15, 0.2) is 24.3 Å². The summed E-state index contributed by atoms with van der Waals surface area (Å²) in [5.74, 6) is -2.79. The second-order valence-electron chi connectivity index (χ2n) is 20.0. The highest BCUT2D eigenvalue weighted by Gasteiger charge is 2.53. The smallest absolute Gasteiger partial charge is 0.311 e. The number of ether oxygens (including phenoxy) is 6. The van der Waals surface area contributed by atoms with Crippen LogP contribution in [0.4, 0.5) is 5.69 Å². The number of aliphatic hydroxyl groups excluding tert-OH is 4. The fraction of sp³-hybridized carbons (Fsp3) is 0.851. The number of cyclic esters (lactones) is 1. The molecule has 63 heavy (non-hydrogen) atoms. The maximum absolute atomic E-state index is 14.4. The van der Waals surface area contributed by atoms with Crippen molar-refractivity contribution in [2.75, 3.05) is 46.2 Å². The highest BCUT2D eigenvalue weighted by molar-refractivity contribution is 5.73. The minimum Gasteiger partial charge on any atom is -0.459 e. The minimum atomic E-state index is -1.83. The summed E-state index contributed by atoms with van der Waals surface area (Å²) in [6.07, 6.45) is -9.96. The van der Waals surface area contributed by atoms with E-state index in [4.69, 9.17) is 28.4 Å². The second-order valence-corrected chi connectivity index (χ2v) is 20.0. The van der Waals surface area contributed by atoms with Crippen LogP contribution in [0.25, 0.3) is 0 Å². The normalized spacial score (nSPS) is 43.4. The van der Waals surface area contributed by atoms with Crippen molar-refractivity contribution in [2.24, 2.45) is 17.8 Å². The van der Waals surface area contributed by atoms with Crippen LogP contribution in [0.5, 0.6) is 0 Å². The highest BCUT2D eigenvalue weighted by Crippen LogP contribution is 2.40. The predicted molar refractivity (Wildman–Crippen MR) is 239 cm³/mol. The van der Waals surface area contributed by atoms with Gasteiger partial charge in [-0.15, -0.1) is 0 Å². The number of esters is 1. The van der Waals surface area contributed by atoms with Crippen LogP contribution in [-0.4, -0.2) is 184 Å². The molecule has 4 rings (SSSR count). The SMILES string of the molecule is CC[C@H]1OC(=O)[C@H](C)[C@@H](O[C@H]2C[C@@](C)(OC)[C@@H](O)[C@H](C)O2)[C@H](C)[C@@H](O[C@@H]2O[C@H](C)CC(N(C)CC(O)CNc3cccc(C)c3)[C@H]2O)[C@](C)(O)C[C@@H](C)CN(C)[C@H](C)[C@@H](O)[C@]1(C)O. The van der Waals surface area contributed by atoms with Crippen LogP contribution in [0, 0.1) is 24.7 Å². The Hall–Kier alpha value is -2.03. The van der Waals surface area contributed by atoms with Gasteiger partial charge in [0.1, 0.15) is 30.0 Å². The second kappa shape index (κ2) is 22.2. The average Bonchev–Trinajstić information content (AvgIpc) is 3.21. The zero-order valence-electron chi connectivity index (χ0n) is 40.4. The molecule has 1 aromatic carbocycles. The molecule has 2 unspecified atom stereocenters. The van der Waals surface area contributed by atoms with E-state index < -0.39 is 108 Å². The molecule has 3 heterocycles. The third-order valence-corrected chi connectivity index (χ3v) is 14.2. The maximum atomic E-state index is 14.4. The van der Waals surface area contributed by atoms with Gasteiger partial charge >= 0.3 is 5.97 Å². The van der Waals surface area contributed by atoms with Gasteiger partial charge in [0.2, 0.25) is 0 Å². The van der Waals surface area contributed by atoms with E-state index in [2.05, 4.69) is 5.32 Å². The average molecular weight is 898 g/mol. The number of hydrogen-bond donors (Lipinski definition) is 7. The topological polar surface area (TPSA) is 212 Å². The first kappa shape index (κ1) is 53.6. The zero-order chi connectivity index (χ0) is 47.4. The summed E-state index contributed by atoms with van der Waals surface area (Å²) in [7, 11) is 5.17. The summed E-state index contributed by atoms with van der Waals surface area (Å²) < 4.78 is 38.0. The molecule has 0 bridgehead atoms. The zero-order valence-corrected chi connectivity index (χ0v) is 40.4. The maximum Gasteiger partial charge on any atom is 0.311 e. The Labute approximate surface area is 376 Å². The Balaban J connectivity index is 1.73. The van der Waals surface area contributed by atoms with E-state index in [0.717, 1.165) is 11.3 Å². The summed E-state index contributed by atoms with van der Waals surface area (Å²) in [6, 6.07) is 6.83. The molecule has 364 valence electrons. The van der Waals surface area contributed by atoms with E-state index in [9.17, 15) is 35.4 Å². The number of benzene rings is 1. The lowest BCUT2D eigenvalue weighted by atomic mass is 9.77. The molecule has 0 saturated carbocycles. The molecule has 1 aromatic rings. The van der Waals surface area contributed by atoms with Gasteiger partial charge in [0, 0.05) is 56.9 Å². The summed E-state index contributed by atoms with van der Waals surface area (Å²) in [4.78, 5) is 18.2. The van der Waals surface area contributed by atoms with Gasteiger partial charge in [-0.25, -0.2) is 0 Å². The molecular weight excluding hydrogens is 815 g/mol. The van der Waals surface area contributed by atoms with Gasteiger partial charge in [-0.2, -0.15) is 0 Å². The Bertz CT molecular complexity index is 1590. The first-order valence-electron chi connectivity index (χ1n) is 23.0. The van der Waals surface area contributed by atoms with Crippen molar-refractivity contribution in [2.45, 2.75) is 198 Å². The Morgan fingerprint density at radius 1 is 1.00 bits per heavy atom. The van der Waals surface area contributed by atoms with Crippen molar-refractivity contribution in [3.05, 3.63) is 29.8 Å². The number of methoxy groups -OCH3 is 1. The number of rotatable bonds is 12. The van der Waals surface area contributed by atoms with Crippen LogP contribution >= 0.6 is 0 Å². The van der Waals surface area contributed by atoms with Gasteiger partial charge in [-0.05, 0) is 112 Å². The number of aryl methyl sites for hydroxylation is 1. The molecule has 3 fully saturated rings. The Kier molecular flexibility index (Phi) is 18.9. The molecule has 0 radical (unpaired) electrons. The fourth-order valence-electron chi connectivity index (χ4n) is 10.2. The number of hydrogen-bond acceptors (Lipinski definition) is 16. The molecule has 0 aromatic heterocycles. The molecule has 0 aliphatic carbocycles. The minimum absolute atomic E-state index is 0.101. The van der Waals surface area contributed by atoms with Gasteiger partial charge < -0.3 is 69.3 Å². The quantitative estimate of drug-likeness (QED) is 0.150. The molecule has 19 atom stereocenters. The number of nitrogens with zero attached hydrogens (tertiary/aromatic N) is 2. The van der Waals surface area contributed by atoms with E-state index >= 15 is 0 Å². The Morgan fingerprint density at radius 2 is 1.67 bits per heavy atom. The van der Waals surface area contributed by atoms with Crippen molar-refractivity contribution in [1.82, 2.24) is 9.80 Å². The monoisotopic (exact) mass is 898 g/mol. The lowest BCUT2D eigenvalue weighted by molar-refractivity contribution is -0.318. The first-order chi connectivity index (χ1) is 29.3. The number of nitrogens with one attached hydrogen (secondary N) is 1. The number of carbonyl (C=O) groups is 1. The van der Waals surface area contributed by atoms with E-state index in [1.807, 2.05) is 68.9 Å². The predicted octanol–water partition coefficient (Wildman–Crippen LogP) is 3.05. The highest BCUT2D eigenvalue weighted by atomic mass is 16.7. The number of aliphatic hydroxyl groups is 6.